The van der Waals surface area contributed by atoms with Gasteiger partial charge in [-0.15, -0.1) is 0 Å². The van der Waals surface area contributed by atoms with Gasteiger partial charge in [0, 0.05) is 0 Å². The van der Waals surface area contributed by atoms with E-state index in [1.165, 1.54) is 19.3 Å². The second-order valence-electron chi connectivity index (χ2n) is 2.12. The fraction of sp³-hybridized carbons (Fsp3) is 1.00. The Labute approximate surface area is 67.0 Å². The van der Waals surface area contributed by atoms with Gasteiger partial charge < -0.3 is 5.73 Å². The molecule has 0 heterocycles. The lowest BCUT2D eigenvalue weighted by Crippen LogP contribution is -1.87. The van der Waals surface area contributed by atoms with Crippen molar-refractivity contribution in [2.45, 2.75) is 53.9 Å². The van der Waals surface area contributed by atoms with E-state index >= 15 is 0 Å². The largest absolute Gasteiger partial charge is 0.331 e. The minimum absolute atomic E-state index is 0.750. The smallest absolute Gasteiger partial charge is 0.0106 e. The van der Waals surface area contributed by atoms with Gasteiger partial charge >= 0.3 is 0 Å². The average molecular weight is 147 g/mol. The van der Waals surface area contributed by atoms with Crippen LogP contribution < -0.4 is 5.73 Å². The molecular weight excluding hydrogens is 122 g/mol. The van der Waals surface area contributed by atoms with Gasteiger partial charge in [0.05, 0.1) is 0 Å². The first kappa shape index (κ1) is 16.5. The van der Waals surface area contributed by atoms with E-state index in [1.807, 2.05) is 6.92 Å². The van der Waals surface area contributed by atoms with Gasteiger partial charge in [0.2, 0.25) is 0 Å². The SMILES string of the molecule is CCC.CCCC.CCN. The van der Waals surface area contributed by atoms with Crippen molar-refractivity contribution >= 4 is 0 Å². The Morgan fingerprint density at radius 1 is 0.800 bits per heavy atom. The molecule has 0 radical (unpaired) electrons. The van der Waals surface area contributed by atoms with Crippen molar-refractivity contribution in [2.75, 3.05) is 6.54 Å². The summed E-state index contributed by atoms with van der Waals surface area (Å²) in [7, 11) is 0. The fourth-order valence-electron chi connectivity index (χ4n) is 0. The number of unbranched alkanes of at least 4 members (excludes halogenated alkanes) is 1. The Hall–Kier alpha value is -0.0400. The molecule has 0 saturated carbocycles. The summed E-state index contributed by atoms with van der Waals surface area (Å²) in [6.45, 7) is 11.3. The molecule has 0 aliphatic rings. The molecule has 0 amide bonds. The molecule has 10 heavy (non-hydrogen) atoms. The molecule has 0 unspecified atom stereocenters. The van der Waals surface area contributed by atoms with Gasteiger partial charge in [0.15, 0.2) is 0 Å². The van der Waals surface area contributed by atoms with Crippen LogP contribution in [0, 0.1) is 0 Å². The standard InChI is InChI=1S/C4H10.C3H8.C2H7N/c1-3-4-2;1-3-2;1-2-3/h3-4H2,1-2H3;3H2,1-2H3;2-3H2,1H3. The van der Waals surface area contributed by atoms with Gasteiger partial charge in [-0.3, -0.25) is 0 Å². The molecule has 1 heteroatoms. The van der Waals surface area contributed by atoms with E-state index < -0.39 is 0 Å². The summed E-state index contributed by atoms with van der Waals surface area (Å²) in [5.74, 6) is 0. The maximum atomic E-state index is 4.85. The van der Waals surface area contributed by atoms with E-state index in [0.717, 1.165) is 6.54 Å². The molecule has 0 saturated heterocycles. The van der Waals surface area contributed by atoms with Crippen LogP contribution in [0.3, 0.4) is 0 Å². The molecule has 2 N–H and O–H groups in total. The van der Waals surface area contributed by atoms with Crippen LogP contribution in [-0.4, -0.2) is 6.54 Å². The quantitative estimate of drug-likeness (QED) is 0.605. The summed E-state index contributed by atoms with van der Waals surface area (Å²) in [5, 5.41) is 0. The van der Waals surface area contributed by atoms with Crippen LogP contribution in [0.2, 0.25) is 0 Å². The van der Waals surface area contributed by atoms with E-state index in [9.17, 15) is 0 Å². The molecule has 0 aromatic heterocycles. The molecule has 0 aromatic rings. The first-order chi connectivity index (χ1) is 4.74. The molecule has 66 valence electrons. The van der Waals surface area contributed by atoms with E-state index in [-0.39, 0.29) is 0 Å². The molecular formula is C9H25N. The van der Waals surface area contributed by atoms with Crippen molar-refractivity contribution in [3.05, 3.63) is 0 Å². The Balaban J connectivity index is -0.0000000750. The van der Waals surface area contributed by atoms with Crippen LogP contribution in [0.15, 0.2) is 0 Å². The van der Waals surface area contributed by atoms with Crippen LogP contribution in [0.4, 0.5) is 0 Å². The molecule has 1 nitrogen and oxygen atoms in total. The number of hydrogen-bond acceptors (Lipinski definition) is 1. The van der Waals surface area contributed by atoms with Gasteiger partial charge in [0.1, 0.15) is 0 Å². The lowest BCUT2D eigenvalue weighted by atomic mass is 10.4. The lowest BCUT2D eigenvalue weighted by molar-refractivity contribution is 0.886. The van der Waals surface area contributed by atoms with E-state index in [2.05, 4.69) is 27.7 Å². The fourth-order valence-corrected chi connectivity index (χ4v) is 0. The summed E-state index contributed by atoms with van der Waals surface area (Å²) in [5.41, 5.74) is 4.85. The van der Waals surface area contributed by atoms with Gasteiger partial charge in [-0.1, -0.05) is 53.9 Å². The first-order valence-corrected chi connectivity index (χ1v) is 4.44. The van der Waals surface area contributed by atoms with Gasteiger partial charge in [-0.2, -0.15) is 0 Å². The zero-order chi connectivity index (χ0) is 8.83. The third-order valence-electron chi connectivity index (χ3n) is 0.500. The van der Waals surface area contributed by atoms with Crippen LogP contribution in [0.1, 0.15) is 53.9 Å². The maximum absolute atomic E-state index is 4.85. The maximum Gasteiger partial charge on any atom is -0.0106 e. The van der Waals surface area contributed by atoms with Crippen molar-refractivity contribution < 1.29 is 0 Å². The van der Waals surface area contributed by atoms with E-state index in [0.29, 0.717) is 0 Å². The highest BCUT2D eigenvalue weighted by Gasteiger charge is 1.56. The summed E-state index contributed by atoms with van der Waals surface area (Å²) in [6, 6.07) is 0. The lowest BCUT2D eigenvalue weighted by Gasteiger charge is -1.68. The van der Waals surface area contributed by atoms with Crippen molar-refractivity contribution in [3.8, 4) is 0 Å². The van der Waals surface area contributed by atoms with Crippen molar-refractivity contribution in [1.29, 1.82) is 0 Å². The summed E-state index contributed by atoms with van der Waals surface area (Å²) in [4.78, 5) is 0. The highest BCUT2D eigenvalue weighted by molar-refractivity contribution is 4.12. The third-order valence-corrected chi connectivity index (χ3v) is 0.500. The Kier molecular flexibility index (Phi) is 59.8. The highest BCUT2D eigenvalue weighted by atomic mass is 14.5. The van der Waals surface area contributed by atoms with Crippen LogP contribution in [-0.2, 0) is 0 Å². The van der Waals surface area contributed by atoms with Gasteiger partial charge in [-0.25, -0.2) is 0 Å². The van der Waals surface area contributed by atoms with Crippen molar-refractivity contribution in [1.82, 2.24) is 0 Å². The zero-order valence-electron chi connectivity index (χ0n) is 8.41. The van der Waals surface area contributed by atoms with Crippen molar-refractivity contribution in [3.63, 3.8) is 0 Å². The molecule has 0 fully saturated rings. The molecule has 0 aromatic carbocycles. The Morgan fingerprint density at radius 3 is 0.900 bits per heavy atom. The first-order valence-electron chi connectivity index (χ1n) is 4.44. The second-order valence-corrected chi connectivity index (χ2v) is 2.12. The van der Waals surface area contributed by atoms with Crippen LogP contribution in [0.5, 0.6) is 0 Å². The normalized spacial score (nSPS) is 6.60. The summed E-state index contributed by atoms with van der Waals surface area (Å²) >= 11 is 0. The number of hydrogen-bond donors (Lipinski definition) is 1. The molecule has 0 aliphatic heterocycles. The third kappa shape index (κ3) is 418. The predicted octanol–water partition coefficient (Wildman–Crippen LogP) is 3.19. The number of rotatable bonds is 1. The molecule has 0 rings (SSSR count). The summed E-state index contributed by atoms with van der Waals surface area (Å²) < 4.78 is 0. The van der Waals surface area contributed by atoms with Gasteiger partial charge in [-0.05, 0) is 6.54 Å². The summed E-state index contributed by atoms with van der Waals surface area (Å²) in [6.07, 6.45) is 3.89. The second kappa shape index (κ2) is 36.2. The van der Waals surface area contributed by atoms with Crippen LogP contribution in [0.25, 0.3) is 0 Å². The Bertz CT molecular complexity index is 16.7. The monoisotopic (exact) mass is 147 g/mol. The predicted molar refractivity (Wildman–Crippen MR) is 51.3 cm³/mol. The van der Waals surface area contributed by atoms with Crippen molar-refractivity contribution in [2.24, 2.45) is 5.73 Å². The molecule has 0 atom stereocenters. The Morgan fingerprint density at radius 2 is 0.900 bits per heavy atom. The molecule has 0 bridgehead atoms. The van der Waals surface area contributed by atoms with E-state index in [4.69, 9.17) is 5.73 Å². The topological polar surface area (TPSA) is 26.0 Å². The molecule has 0 aliphatic carbocycles. The zero-order valence-corrected chi connectivity index (χ0v) is 8.41. The van der Waals surface area contributed by atoms with E-state index in [1.54, 1.807) is 0 Å². The molecule has 0 spiro atoms. The number of nitrogens with two attached hydrogens (primary N) is 1. The minimum Gasteiger partial charge on any atom is -0.331 e. The van der Waals surface area contributed by atoms with Gasteiger partial charge in [0.25, 0.3) is 0 Å². The highest BCUT2D eigenvalue weighted by Crippen LogP contribution is 1.76. The minimum atomic E-state index is 0.750. The van der Waals surface area contributed by atoms with Crippen LogP contribution >= 0.6 is 0 Å². The average Bonchev–Trinajstić information content (AvgIpc) is 1.91.